The van der Waals surface area contributed by atoms with Gasteiger partial charge < -0.3 is 26.1 Å². The Kier molecular flexibility index (Phi) is 5.27. The molecule has 0 radical (unpaired) electrons. The Morgan fingerprint density at radius 2 is 1.85 bits per heavy atom. The second-order valence-electron chi connectivity index (χ2n) is 7.96. The lowest BCUT2D eigenvalue weighted by atomic mass is 10.0. The van der Waals surface area contributed by atoms with Gasteiger partial charge in [0, 0.05) is 45.5 Å². The maximum Gasteiger partial charge on any atom is 0.269 e. The molecule has 6 N–H and O–H groups in total. The van der Waals surface area contributed by atoms with Gasteiger partial charge in [0.25, 0.3) is 5.91 Å². The molecule has 0 bridgehead atoms. The third kappa shape index (κ3) is 3.70. The summed E-state index contributed by atoms with van der Waals surface area (Å²) in [5, 5.41) is 15.0. The Bertz CT molecular complexity index is 1520. The van der Waals surface area contributed by atoms with Gasteiger partial charge in [-0.3, -0.25) is 9.59 Å². The van der Waals surface area contributed by atoms with Gasteiger partial charge >= 0.3 is 0 Å². The molecular formula is C25H23N5O3. The highest BCUT2D eigenvalue weighted by atomic mass is 16.3. The molecule has 0 unspecified atom stereocenters. The highest BCUT2D eigenvalue weighted by Crippen LogP contribution is 2.32. The molecule has 8 heteroatoms. The largest absolute Gasteiger partial charge is 0.508 e. The van der Waals surface area contributed by atoms with Crippen molar-refractivity contribution in [2.24, 2.45) is 5.73 Å². The number of hydrogen-bond acceptors (Lipinski definition) is 5. The van der Waals surface area contributed by atoms with Crippen LogP contribution in [0.4, 0.5) is 0 Å². The van der Waals surface area contributed by atoms with Crippen LogP contribution in [0.25, 0.3) is 32.7 Å². The second kappa shape index (κ2) is 8.40. The predicted octanol–water partition coefficient (Wildman–Crippen LogP) is 3.60. The van der Waals surface area contributed by atoms with E-state index in [2.05, 4.69) is 20.3 Å². The monoisotopic (exact) mass is 441 g/mol. The molecule has 0 aliphatic rings. The first-order chi connectivity index (χ1) is 16.1. The molecule has 0 aliphatic carbocycles. The predicted molar refractivity (Wildman–Crippen MR) is 128 cm³/mol. The van der Waals surface area contributed by atoms with Crippen molar-refractivity contribution in [2.75, 3.05) is 13.1 Å². The number of rotatable bonds is 7. The number of hydrogen-bond donors (Lipinski definition) is 5. The fourth-order valence-corrected chi connectivity index (χ4v) is 4.11. The minimum absolute atomic E-state index is 0.0949. The van der Waals surface area contributed by atoms with Crippen molar-refractivity contribution in [3.8, 4) is 5.75 Å². The van der Waals surface area contributed by atoms with E-state index in [4.69, 9.17) is 5.73 Å². The molecule has 166 valence electrons. The topological polar surface area (TPSA) is 137 Å². The molecule has 0 aliphatic heterocycles. The van der Waals surface area contributed by atoms with Crippen molar-refractivity contribution in [2.45, 2.75) is 12.8 Å². The standard InChI is InChI=1S/C25H23N5O3/c26-9-3-4-10-27-25(33)21-12-17-16-11-14(31)7-8-20(16)29-22(17)23(30-21)24(32)18-13-28-19-6-2-1-5-15(18)19/h1-2,5-8,11-13,28-29,31H,3-4,9-10,26H2,(H,27,33). The maximum atomic E-state index is 13.7. The first-order valence-corrected chi connectivity index (χ1v) is 10.8. The second-order valence-corrected chi connectivity index (χ2v) is 7.96. The van der Waals surface area contributed by atoms with E-state index in [9.17, 15) is 14.7 Å². The Balaban J connectivity index is 1.66. The van der Waals surface area contributed by atoms with Crippen molar-refractivity contribution in [1.82, 2.24) is 20.3 Å². The summed E-state index contributed by atoms with van der Waals surface area (Å²) >= 11 is 0. The van der Waals surface area contributed by atoms with Crippen LogP contribution in [0.1, 0.15) is 39.4 Å². The van der Waals surface area contributed by atoms with Gasteiger partial charge in [-0.2, -0.15) is 0 Å². The van der Waals surface area contributed by atoms with Crippen LogP contribution in [0, 0.1) is 0 Å². The molecule has 33 heavy (non-hydrogen) atoms. The highest BCUT2D eigenvalue weighted by molar-refractivity contribution is 6.23. The number of phenols is 1. The third-order valence-corrected chi connectivity index (χ3v) is 5.77. The lowest BCUT2D eigenvalue weighted by Crippen LogP contribution is -2.26. The Morgan fingerprint density at radius 3 is 2.70 bits per heavy atom. The van der Waals surface area contributed by atoms with E-state index < -0.39 is 0 Å². The number of phenolic OH excluding ortho intramolecular Hbond substituents is 1. The Morgan fingerprint density at radius 1 is 1.00 bits per heavy atom. The number of aromatic amines is 2. The number of unbranched alkanes of at least 4 members (excludes halogenated alkanes) is 1. The summed E-state index contributed by atoms with van der Waals surface area (Å²) in [5.74, 6) is -0.570. The van der Waals surface area contributed by atoms with E-state index in [0.29, 0.717) is 34.9 Å². The average Bonchev–Trinajstić information content (AvgIpc) is 3.42. The van der Waals surface area contributed by atoms with Crippen LogP contribution in [0.5, 0.6) is 5.75 Å². The number of aromatic hydroxyl groups is 1. The molecule has 2 aromatic carbocycles. The summed E-state index contributed by atoms with van der Waals surface area (Å²) < 4.78 is 0. The molecule has 0 atom stereocenters. The molecule has 5 rings (SSSR count). The molecular weight excluding hydrogens is 418 g/mol. The fraction of sp³-hybridized carbons (Fsp3) is 0.160. The van der Waals surface area contributed by atoms with E-state index in [0.717, 1.165) is 29.3 Å². The molecule has 3 aromatic heterocycles. The minimum Gasteiger partial charge on any atom is -0.508 e. The summed E-state index contributed by atoms with van der Waals surface area (Å²) in [6, 6.07) is 14.1. The fourth-order valence-electron chi connectivity index (χ4n) is 4.11. The quantitative estimate of drug-likeness (QED) is 0.194. The summed E-state index contributed by atoms with van der Waals surface area (Å²) in [6.07, 6.45) is 3.22. The molecule has 0 spiro atoms. The number of nitrogens with one attached hydrogen (secondary N) is 3. The number of ketones is 1. The number of carbonyl (C=O) groups is 2. The molecule has 0 fully saturated rings. The van der Waals surface area contributed by atoms with Crippen LogP contribution >= 0.6 is 0 Å². The van der Waals surface area contributed by atoms with Gasteiger partial charge in [0.15, 0.2) is 0 Å². The van der Waals surface area contributed by atoms with Gasteiger partial charge in [0.2, 0.25) is 5.78 Å². The summed E-state index contributed by atoms with van der Waals surface area (Å²) in [4.78, 5) is 37.4. The Hall–Kier alpha value is -4.17. The number of fused-ring (bicyclic) bond motifs is 4. The zero-order valence-electron chi connectivity index (χ0n) is 17.8. The van der Waals surface area contributed by atoms with E-state index in [1.54, 1.807) is 30.5 Å². The van der Waals surface area contributed by atoms with Gasteiger partial charge in [0.05, 0.1) is 5.52 Å². The van der Waals surface area contributed by atoms with Crippen molar-refractivity contribution in [1.29, 1.82) is 0 Å². The molecule has 1 amide bonds. The highest BCUT2D eigenvalue weighted by Gasteiger charge is 2.23. The number of nitrogens with two attached hydrogens (primary N) is 1. The number of nitrogens with zero attached hydrogens (tertiary/aromatic N) is 1. The Labute approximate surface area is 188 Å². The van der Waals surface area contributed by atoms with Crippen LogP contribution in [0.2, 0.25) is 0 Å². The van der Waals surface area contributed by atoms with E-state index >= 15 is 0 Å². The van der Waals surface area contributed by atoms with Gasteiger partial charge in [0.1, 0.15) is 17.1 Å². The van der Waals surface area contributed by atoms with Crippen LogP contribution < -0.4 is 11.1 Å². The van der Waals surface area contributed by atoms with Gasteiger partial charge in [-0.15, -0.1) is 0 Å². The summed E-state index contributed by atoms with van der Waals surface area (Å²) in [6.45, 7) is 1.03. The lowest BCUT2D eigenvalue weighted by Gasteiger charge is -2.08. The third-order valence-electron chi connectivity index (χ3n) is 5.77. The van der Waals surface area contributed by atoms with E-state index in [1.165, 1.54) is 0 Å². The number of amides is 1. The van der Waals surface area contributed by atoms with Gasteiger partial charge in [-0.25, -0.2) is 4.98 Å². The first kappa shape index (κ1) is 20.7. The smallest absolute Gasteiger partial charge is 0.269 e. The van der Waals surface area contributed by atoms with Crippen LogP contribution in [-0.2, 0) is 0 Å². The number of aromatic nitrogens is 3. The zero-order chi connectivity index (χ0) is 22.9. The van der Waals surface area contributed by atoms with Crippen molar-refractivity contribution < 1.29 is 14.7 Å². The van der Waals surface area contributed by atoms with Crippen LogP contribution in [-0.4, -0.2) is 44.8 Å². The maximum absolute atomic E-state index is 13.7. The van der Waals surface area contributed by atoms with E-state index in [-0.39, 0.29) is 28.8 Å². The molecule has 0 saturated carbocycles. The number of para-hydroxylation sites is 1. The first-order valence-electron chi connectivity index (χ1n) is 10.8. The van der Waals surface area contributed by atoms with Gasteiger partial charge in [-0.05, 0) is 49.7 Å². The van der Waals surface area contributed by atoms with Crippen molar-refractivity contribution in [3.05, 3.63) is 71.7 Å². The van der Waals surface area contributed by atoms with Crippen molar-refractivity contribution in [3.63, 3.8) is 0 Å². The molecule has 3 heterocycles. The van der Waals surface area contributed by atoms with Crippen LogP contribution in [0.15, 0.2) is 54.7 Å². The normalized spacial score (nSPS) is 11.4. The SMILES string of the molecule is NCCCCNC(=O)c1cc2c([nH]c3ccc(O)cc32)c(C(=O)c2c[nH]c3ccccc23)n1. The number of benzene rings is 2. The average molecular weight is 441 g/mol. The molecule has 8 nitrogen and oxygen atoms in total. The lowest BCUT2D eigenvalue weighted by molar-refractivity contribution is 0.0948. The number of H-pyrrole nitrogens is 2. The number of carbonyl (C=O) groups excluding carboxylic acids is 2. The molecule has 0 saturated heterocycles. The summed E-state index contributed by atoms with van der Waals surface area (Å²) in [7, 11) is 0. The number of pyridine rings is 1. The van der Waals surface area contributed by atoms with Crippen molar-refractivity contribution >= 4 is 44.4 Å². The summed E-state index contributed by atoms with van der Waals surface area (Å²) in [5.41, 5.74) is 8.38. The molecule has 5 aromatic rings. The van der Waals surface area contributed by atoms with Gasteiger partial charge in [-0.1, -0.05) is 18.2 Å². The van der Waals surface area contributed by atoms with E-state index in [1.807, 2.05) is 24.3 Å². The zero-order valence-corrected chi connectivity index (χ0v) is 17.8. The van der Waals surface area contributed by atoms with Crippen LogP contribution in [0.3, 0.4) is 0 Å². The minimum atomic E-state index is -0.364.